The smallest absolute Gasteiger partial charge is 0.0926 e. The summed E-state index contributed by atoms with van der Waals surface area (Å²) >= 11 is 0. The standard InChI is InChI=1S/C15H16N2/c1-13-10-11-14(2)17(13)16-12-6-9-15-7-4-3-5-8-15/h3-5,7-8,10-11,16H,12H2,1-2H3. The van der Waals surface area contributed by atoms with Crippen molar-refractivity contribution in [3.05, 3.63) is 59.4 Å². The summed E-state index contributed by atoms with van der Waals surface area (Å²) in [7, 11) is 0. The van der Waals surface area contributed by atoms with Crippen molar-refractivity contribution in [2.75, 3.05) is 12.0 Å². The Labute approximate surface area is 102 Å². The van der Waals surface area contributed by atoms with Gasteiger partial charge in [0.1, 0.15) is 0 Å². The van der Waals surface area contributed by atoms with Gasteiger partial charge in [0.25, 0.3) is 0 Å². The molecule has 0 atom stereocenters. The summed E-state index contributed by atoms with van der Waals surface area (Å²) in [6.45, 7) is 4.79. The van der Waals surface area contributed by atoms with Crippen molar-refractivity contribution in [3.8, 4) is 11.8 Å². The van der Waals surface area contributed by atoms with Crippen LogP contribution in [0.4, 0.5) is 0 Å². The molecule has 2 rings (SSSR count). The van der Waals surface area contributed by atoms with Crippen LogP contribution in [0.25, 0.3) is 0 Å². The maximum Gasteiger partial charge on any atom is 0.0926 e. The molecule has 0 amide bonds. The number of rotatable bonds is 2. The Morgan fingerprint density at radius 2 is 1.65 bits per heavy atom. The lowest BCUT2D eigenvalue weighted by Gasteiger charge is -2.09. The van der Waals surface area contributed by atoms with Gasteiger partial charge in [0.2, 0.25) is 0 Å². The Hall–Kier alpha value is -2.14. The first-order valence-electron chi connectivity index (χ1n) is 5.70. The molecule has 17 heavy (non-hydrogen) atoms. The predicted octanol–water partition coefficient (Wildman–Crippen LogP) is 2.70. The first kappa shape index (κ1) is 11.3. The van der Waals surface area contributed by atoms with Crippen molar-refractivity contribution in [1.82, 2.24) is 4.68 Å². The summed E-state index contributed by atoms with van der Waals surface area (Å²) in [5.41, 5.74) is 6.72. The van der Waals surface area contributed by atoms with Crippen LogP contribution in [0.5, 0.6) is 0 Å². The van der Waals surface area contributed by atoms with Crippen molar-refractivity contribution >= 4 is 0 Å². The number of benzene rings is 1. The normalized spacial score (nSPS) is 9.53. The maximum atomic E-state index is 3.27. The Morgan fingerprint density at radius 3 is 2.29 bits per heavy atom. The van der Waals surface area contributed by atoms with E-state index < -0.39 is 0 Å². The van der Waals surface area contributed by atoms with E-state index in [-0.39, 0.29) is 0 Å². The van der Waals surface area contributed by atoms with E-state index in [9.17, 15) is 0 Å². The summed E-state index contributed by atoms with van der Waals surface area (Å²) in [5.74, 6) is 6.23. The van der Waals surface area contributed by atoms with E-state index >= 15 is 0 Å². The number of aryl methyl sites for hydroxylation is 2. The van der Waals surface area contributed by atoms with Crippen LogP contribution in [0, 0.1) is 25.7 Å². The van der Waals surface area contributed by atoms with Crippen LogP contribution in [0.15, 0.2) is 42.5 Å². The van der Waals surface area contributed by atoms with Gasteiger partial charge >= 0.3 is 0 Å². The second kappa shape index (κ2) is 5.27. The Morgan fingerprint density at radius 1 is 1.00 bits per heavy atom. The monoisotopic (exact) mass is 224 g/mol. The largest absolute Gasteiger partial charge is 0.314 e. The van der Waals surface area contributed by atoms with E-state index in [4.69, 9.17) is 0 Å². The minimum atomic E-state index is 0.644. The van der Waals surface area contributed by atoms with E-state index in [1.165, 1.54) is 11.4 Å². The fourth-order valence-electron chi connectivity index (χ4n) is 1.70. The molecule has 2 aromatic rings. The average molecular weight is 224 g/mol. The predicted molar refractivity (Wildman–Crippen MR) is 71.5 cm³/mol. The molecule has 0 spiro atoms. The van der Waals surface area contributed by atoms with Crippen LogP contribution >= 0.6 is 0 Å². The van der Waals surface area contributed by atoms with Crippen LogP contribution in [-0.2, 0) is 0 Å². The molecule has 0 aliphatic heterocycles. The molecule has 0 saturated carbocycles. The van der Waals surface area contributed by atoms with Gasteiger partial charge in [-0.05, 0) is 38.1 Å². The van der Waals surface area contributed by atoms with Gasteiger partial charge in [0.05, 0.1) is 6.54 Å². The highest BCUT2D eigenvalue weighted by Crippen LogP contribution is 2.03. The molecular weight excluding hydrogens is 208 g/mol. The van der Waals surface area contributed by atoms with Crippen LogP contribution in [0.1, 0.15) is 17.0 Å². The van der Waals surface area contributed by atoms with Crippen molar-refractivity contribution in [1.29, 1.82) is 0 Å². The number of hydrogen-bond donors (Lipinski definition) is 1. The van der Waals surface area contributed by atoms with E-state index in [1.807, 2.05) is 30.3 Å². The van der Waals surface area contributed by atoms with Crippen LogP contribution < -0.4 is 5.43 Å². The second-order valence-electron chi connectivity index (χ2n) is 3.95. The molecule has 1 N–H and O–H groups in total. The third kappa shape index (κ3) is 2.92. The summed E-state index contributed by atoms with van der Waals surface area (Å²) in [4.78, 5) is 0. The molecule has 1 aromatic carbocycles. The summed E-state index contributed by atoms with van der Waals surface area (Å²) in [5, 5.41) is 0. The molecule has 0 aliphatic rings. The molecule has 0 aliphatic carbocycles. The molecule has 1 heterocycles. The van der Waals surface area contributed by atoms with Gasteiger partial charge in [-0.3, -0.25) is 4.68 Å². The number of aromatic nitrogens is 1. The molecule has 0 radical (unpaired) electrons. The zero-order valence-corrected chi connectivity index (χ0v) is 10.2. The maximum absolute atomic E-state index is 3.27. The Balaban J connectivity index is 1.95. The molecule has 2 heteroatoms. The average Bonchev–Trinajstić information content (AvgIpc) is 2.67. The zero-order chi connectivity index (χ0) is 12.1. The van der Waals surface area contributed by atoms with Crippen molar-refractivity contribution in [2.24, 2.45) is 0 Å². The van der Waals surface area contributed by atoms with Crippen molar-refractivity contribution < 1.29 is 0 Å². The molecular formula is C15H16N2. The van der Waals surface area contributed by atoms with Gasteiger partial charge < -0.3 is 5.43 Å². The first-order chi connectivity index (χ1) is 8.27. The minimum absolute atomic E-state index is 0.644. The Kier molecular flexibility index (Phi) is 3.52. The van der Waals surface area contributed by atoms with Gasteiger partial charge in [-0.2, -0.15) is 0 Å². The fourth-order valence-corrected chi connectivity index (χ4v) is 1.70. The zero-order valence-electron chi connectivity index (χ0n) is 10.2. The van der Waals surface area contributed by atoms with E-state index in [2.05, 4.69) is 47.9 Å². The summed E-state index contributed by atoms with van der Waals surface area (Å²) in [6, 6.07) is 14.2. The number of nitrogens with one attached hydrogen (secondary N) is 1. The van der Waals surface area contributed by atoms with Gasteiger partial charge in [0, 0.05) is 17.0 Å². The van der Waals surface area contributed by atoms with Crippen LogP contribution in [-0.4, -0.2) is 11.2 Å². The van der Waals surface area contributed by atoms with Gasteiger partial charge in [-0.25, -0.2) is 0 Å². The third-order valence-corrected chi connectivity index (χ3v) is 2.60. The second-order valence-corrected chi connectivity index (χ2v) is 3.95. The topological polar surface area (TPSA) is 17.0 Å². The molecule has 0 saturated heterocycles. The quantitative estimate of drug-likeness (QED) is 0.776. The molecule has 2 nitrogen and oxygen atoms in total. The van der Waals surface area contributed by atoms with Crippen molar-refractivity contribution in [2.45, 2.75) is 13.8 Å². The van der Waals surface area contributed by atoms with Gasteiger partial charge in [-0.1, -0.05) is 30.0 Å². The summed E-state index contributed by atoms with van der Waals surface area (Å²) in [6.07, 6.45) is 0. The lowest BCUT2D eigenvalue weighted by molar-refractivity contribution is 0.835. The summed E-state index contributed by atoms with van der Waals surface area (Å²) < 4.78 is 2.06. The van der Waals surface area contributed by atoms with Crippen LogP contribution in [0.2, 0.25) is 0 Å². The lowest BCUT2D eigenvalue weighted by atomic mass is 10.2. The highest BCUT2D eigenvalue weighted by Gasteiger charge is 1.97. The van der Waals surface area contributed by atoms with E-state index in [1.54, 1.807) is 0 Å². The molecule has 0 unspecified atom stereocenters. The van der Waals surface area contributed by atoms with Gasteiger partial charge in [0.15, 0.2) is 0 Å². The van der Waals surface area contributed by atoms with Crippen LogP contribution in [0.3, 0.4) is 0 Å². The SMILES string of the molecule is Cc1ccc(C)n1NCC#Cc1ccccc1. The first-order valence-corrected chi connectivity index (χ1v) is 5.70. The van der Waals surface area contributed by atoms with E-state index in [0.29, 0.717) is 6.54 Å². The number of nitrogens with zero attached hydrogens (tertiary/aromatic N) is 1. The third-order valence-electron chi connectivity index (χ3n) is 2.60. The minimum Gasteiger partial charge on any atom is -0.314 e. The Bertz CT molecular complexity index is 522. The molecule has 86 valence electrons. The fraction of sp³-hybridized carbons (Fsp3) is 0.200. The molecule has 0 bridgehead atoms. The highest BCUT2D eigenvalue weighted by atomic mass is 15.4. The van der Waals surface area contributed by atoms with E-state index in [0.717, 1.165) is 5.56 Å². The van der Waals surface area contributed by atoms with Crippen molar-refractivity contribution in [3.63, 3.8) is 0 Å². The van der Waals surface area contributed by atoms with Gasteiger partial charge in [-0.15, -0.1) is 0 Å². The molecule has 1 aromatic heterocycles. The molecule has 0 fully saturated rings. The lowest BCUT2D eigenvalue weighted by Crippen LogP contribution is -2.17. The highest BCUT2D eigenvalue weighted by molar-refractivity contribution is 5.34. The number of hydrogen-bond acceptors (Lipinski definition) is 1.